The summed E-state index contributed by atoms with van der Waals surface area (Å²) in [5, 5.41) is 9.87. The molecule has 0 spiro atoms. The standard InChI is InChI=1S/C16H21F3N2O3/c1-20(2)15(23)24-8-7-21-10-13(22)9-14(21)11-3-5-12(6-4-11)16(17,18)19/h3-6,13-14,22H,7-10H2,1-2H3/t13-,14-/m1/s1. The lowest BCUT2D eigenvalue weighted by Crippen LogP contribution is -2.31. The van der Waals surface area contributed by atoms with Crippen LogP contribution in [0, 0.1) is 0 Å². The maximum atomic E-state index is 12.6. The number of hydrogen-bond donors (Lipinski definition) is 1. The Labute approximate surface area is 138 Å². The average Bonchev–Trinajstić information content (AvgIpc) is 2.87. The van der Waals surface area contributed by atoms with Crippen LogP contribution >= 0.6 is 0 Å². The molecule has 1 amide bonds. The van der Waals surface area contributed by atoms with Crippen LogP contribution in [-0.2, 0) is 10.9 Å². The van der Waals surface area contributed by atoms with Crippen molar-refractivity contribution in [3.8, 4) is 0 Å². The SMILES string of the molecule is CN(C)C(=O)OCCN1C[C@H](O)C[C@@H]1c1ccc(C(F)(F)F)cc1. The molecule has 1 aromatic carbocycles. The predicted molar refractivity (Wildman–Crippen MR) is 81.4 cm³/mol. The maximum Gasteiger partial charge on any atom is 0.416 e. The van der Waals surface area contributed by atoms with Crippen molar-refractivity contribution in [2.45, 2.75) is 24.7 Å². The van der Waals surface area contributed by atoms with Gasteiger partial charge in [0.15, 0.2) is 0 Å². The van der Waals surface area contributed by atoms with Crippen molar-refractivity contribution in [2.24, 2.45) is 0 Å². The lowest BCUT2D eigenvalue weighted by Gasteiger charge is -2.24. The van der Waals surface area contributed by atoms with Crippen LogP contribution in [0.4, 0.5) is 18.0 Å². The first-order chi connectivity index (χ1) is 11.2. The second-order valence-electron chi connectivity index (χ2n) is 6.03. The molecule has 0 saturated carbocycles. The Morgan fingerprint density at radius 1 is 1.33 bits per heavy atom. The predicted octanol–water partition coefficient (Wildman–Crippen LogP) is 2.51. The first-order valence-electron chi connectivity index (χ1n) is 7.62. The number of aliphatic hydroxyl groups excluding tert-OH is 1. The van der Waals surface area contributed by atoms with Gasteiger partial charge >= 0.3 is 12.3 Å². The van der Waals surface area contributed by atoms with E-state index >= 15 is 0 Å². The Kier molecular flexibility index (Phi) is 5.71. The third-order valence-corrected chi connectivity index (χ3v) is 3.97. The number of aliphatic hydroxyl groups is 1. The number of β-amino-alcohol motifs (C(OH)–C–C–N with tert-alkyl or cyclic N) is 1. The van der Waals surface area contributed by atoms with Gasteiger partial charge in [-0.15, -0.1) is 0 Å². The minimum Gasteiger partial charge on any atom is -0.448 e. The highest BCUT2D eigenvalue weighted by Crippen LogP contribution is 2.34. The number of likely N-dealkylation sites (tertiary alicyclic amines) is 1. The Morgan fingerprint density at radius 3 is 2.50 bits per heavy atom. The molecule has 0 unspecified atom stereocenters. The average molecular weight is 346 g/mol. The zero-order valence-corrected chi connectivity index (χ0v) is 13.6. The lowest BCUT2D eigenvalue weighted by molar-refractivity contribution is -0.137. The van der Waals surface area contributed by atoms with Gasteiger partial charge in [0, 0.05) is 33.2 Å². The van der Waals surface area contributed by atoms with E-state index in [4.69, 9.17) is 4.74 Å². The maximum absolute atomic E-state index is 12.6. The first kappa shape index (κ1) is 18.5. The number of carbonyl (C=O) groups is 1. The van der Waals surface area contributed by atoms with Crippen LogP contribution in [0.25, 0.3) is 0 Å². The largest absolute Gasteiger partial charge is 0.448 e. The third kappa shape index (κ3) is 4.61. The molecule has 1 aliphatic heterocycles. The monoisotopic (exact) mass is 346 g/mol. The summed E-state index contributed by atoms with van der Waals surface area (Å²) in [6.07, 6.45) is -4.94. The van der Waals surface area contributed by atoms with Gasteiger partial charge in [-0.1, -0.05) is 12.1 Å². The molecule has 0 radical (unpaired) electrons. The fraction of sp³-hybridized carbons (Fsp3) is 0.562. The number of alkyl halides is 3. The van der Waals surface area contributed by atoms with Crippen LogP contribution in [0.2, 0.25) is 0 Å². The van der Waals surface area contributed by atoms with Gasteiger partial charge in [-0.05, 0) is 24.1 Å². The van der Waals surface area contributed by atoms with E-state index in [0.717, 1.165) is 12.1 Å². The van der Waals surface area contributed by atoms with Gasteiger partial charge in [0.1, 0.15) is 6.61 Å². The number of hydrogen-bond acceptors (Lipinski definition) is 4. The van der Waals surface area contributed by atoms with E-state index in [9.17, 15) is 23.1 Å². The topological polar surface area (TPSA) is 53.0 Å². The molecular weight excluding hydrogens is 325 g/mol. The lowest BCUT2D eigenvalue weighted by atomic mass is 10.0. The van der Waals surface area contributed by atoms with Gasteiger partial charge in [0.05, 0.1) is 11.7 Å². The second-order valence-corrected chi connectivity index (χ2v) is 6.03. The van der Waals surface area contributed by atoms with E-state index in [2.05, 4.69) is 0 Å². The summed E-state index contributed by atoms with van der Waals surface area (Å²) in [4.78, 5) is 14.6. The molecule has 1 aromatic rings. The molecule has 24 heavy (non-hydrogen) atoms. The molecule has 0 aromatic heterocycles. The molecule has 2 rings (SSSR count). The second kappa shape index (κ2) is 7.40. The fourth-order valence-corrected chi connectivity index (χ4v) is 2.75. The van der Waals surface area contributed by atoms with Gasteiger partial charge in [-0.25, -0.2) is 4.79 Å². The molecule has 8 heteroatoms. The van der Waals surface area contributed by atoms with Gasteiger partial charge in [-0.3, -0.25) is 4.90 Å². The summed E-state index contributed by atoms with van der Waals surface area (Å²) in [6, 6.07) is 4.77. The van der Waals surface area contributed by atoms with Crippen LogP contribution in [0.5, 0.6) is 0 Å². The molecule has 1 aliphatic rings. The minimum atomic E-state index is -4.37. The molecule has 1 N–H and O–H groups in total. The normalized spacial score (nSPS) is 21.8. The van der Waals surface area contributed by atoms with E-state index < -0.39 is 23.9 Å². The van der Waals surface area contributed by atoms with Gasteiger partial charge < -0.3 is 14.7 Å². The number of amides is 1. The number of rotatable bonds is 4. The van der Waals surface area contributed by atoms with Gasteiger partial charge in [0.25, 0.3) is 0 Å². The summed E-state index contributed by atoms with van der Waals surface area (Å²) in [5.41, 5.74) is 0.00902. The summed E-state index contributed by atoms with van der Waals surface area (Å²) < 4.78 is 43.0. The van der Waals surface area contributed by atoms with E-state index in [1.54, 1.807) is 14.1 Å². The van der Waals surface area contributed by atoms with Crippen LogP contribution in [-0.4, -0.2) is 60.9 Å². The van der Waals surface area contributed by atoms with E-state index in [0.29, 0.717) is 25.1 Å². The van der Waals surface area contributed by atoms with Crippen molar-refractivity contribution in [2.75, 3.05) is 33.8 Å². The highest BCUT2D eigenvalue weighted by molar-refractivity contribution is 5.66. The smallest absolute Gasteiger partial charge is 0.416 e. The quantitative estimate of drug-likeness (QED) is 0.910. The molecule has 1 saturated heterocycles. The van der Waals surface area contributed by atoms with Crippen molar-refractivity contribution in [3.05, 3.63) is 35.4 Å². The van der Waals surface area contributed by atoms with Gasteiger partial charge in [0.2, 0.25) is 0 Å². The van der Waals surface area contributed by atoms with Crippen LogP contribution in [0.3, 0.4) is 0 Å². The number of halogens is 3. The molecule has 0 aliphatic carbocycles. The summed E-state index contributed by atoms with van der Waals surface area (Å²) in [5.74, 6) is 0. The van der Waals surface area contributed by atoms with Gasteiger partial charge in [-0.2, -0.15) is 13.2 Å². The number of ether oxygens (including phenoxy) is 1. The molecular formula is C16H21F3N2O3. The zero-order valence-electron chi connectivity index (χ0n) is 13.6. The molecule has 1 fully saturated rings. The number of carbonyl (C=O) groups excluding carboxylic acids is 1. The minimum absolute atomic E-state index is 0.154. The molecule has 2 atom stereocenters. The fourth-order valence-electron chi connectivity index (χ4n) is 2.75. The van der Waals surface area contributed by atoms with Crippen molar-refractivity contribution in [1.29, 1.82) is 0 Å². The van der Waals surface area contributed by atoms with Crippen LogP contribution < -0.4 is 0 Å². The zero-order chi connectivity index (χ0) is 17.9. The number of benzene rings is 1. The van der Waals surface area contributed by atoms with Crippen molar-refractivity contribution >= 4 is 6.09 Å². The van der Waals surface area contributed by atoms with Crippen molar-refractivity contribution in [3.63, 3.8) is 0 Å². The highest BCUT2D eigenvalue weighted by atomic mass is 19.4. The van der Waals surface area contributed by atoms with Crippen LogP contribution in [0.15, 0.2) is 24.3 Å². The summed E-state index contributed by atoms with van der Waals surface area (Å²) in [6.45, 7) is 0.953. The Hall–Kier alpha value is -1.80. The molecule has 5 nitrogen and oxygen atoms in total. The summed E-state index contributed by atoms with van der Waals surface area (Å²) in [7, 11) is 3.15. The molecule has 134 valence electrons. The van der Waals surface area contributed by atoms with Crippen molar-refractivity contribution in [1.82, 2.24) is 9.80 Å². The Balaban J connectivity index is 2.00. The first-order valence-corrected chi connectivity index (χ1v) is 7.62. The van der Waals surface area contributed by atoms with E-state index in [1.807, 2.05) is 4.90 Å². The van der Waals surface area contributed by atoms with E-state index in [-0.39, 0.29) is 12.6 Å². The Bertz CT molecular complexity index is 561. The van der Waals surface area contributed by atoms with Crippen LogP contribution in [0.1, 0.15) is 23.6 Å². The molecule has 0 bridgehead atoms. The highest BCUT2D eigenvalue weighted by Gasteiger charge is 2.34. The third-order valence-electron chi connectivity index (χ3n) is 3.97. The number of nitrogens with zero attached hydrogens (tertiary/aromatic N) is 2. The Morgan fingerprint density at radius 2 is 1.96 bits per heavy atom. The molecule has 1 heterocycles. The summed E-state index contributed by atoms with van der Waals surface area (Å²) >= 11 is 0. The van der Waals surface area contributed by atoms with E-state index in [1.165, 1.54) is 17.0 Å². The van der Waals surface area contributed by atoms with Crippen molar-refractivity contribution < 1.29 is 27.8 Å².